The van der Waals surface area contributed by atoms with Gasteiger partial charge in [-0.25, -0.2) is 4.79 Å². The first-order valence-electron chi connectivity index (χ1n) is 10.5. The zero-order chi connectivity index (χ0) is 23.4. The number of piperazine rings is 1. The Morgan fingerprint density at radius 3 is 2.41 bits per heavy atom. The van der Waals surface area contributed by atoms with E-state index in [-0.39, 0.29) is 5.91 Å². The molecule has 1 aliphatic rings. The molecule has 0 saturated carbocycles. The molecule has 172 valence electrons. The summed E-state index contributed by atoms with van der Waals surface area (Å²) in [6, 6.07) is 8.46. The van der Waals surface area contributed by atoms with Gasteiger partial charge in [0.15, 0.2) is 5.11 Å². The number of anilines is 1. The summed E-state index contributed by atoms with van der Waals surface area (Å²) < 4.78 is 4.96. The van der Waals surface area contributed by atoms with Gasteiger partial charge in [-0.15, -0.1) is 11.3 Å². The standard InChI is InChI=1S/C23H30N4O3S2/c1-15-8-6-7-9-17(15)14-26-10-12-27(13-11-26)23(31)24-20-18(22(29)30-5)16(2)19(32-20)21(28)25(3)4/h6-9H,10-14H2,1-5H3,(H,24,31). The highest BCUT2D eigenvalue weighted by Crippen LogP contribution is 2.34. The summed E-state index contributed by atoms with van der Waals surface area (Å²) >= 11 is 6.89. The molecule has 2 aromatic rings. The van der Waals surface area contributed by atoms with Gasteiger partial charge in [0.1, 0.15) is 5.00 Å². The number of esters is 1. The van der Waals surface area contributed by atoms with E-state index in [0.29, 0.717) is 26.1 Å². The van der Waals surface area contributed by atoms with Crippen molar-refractivity contribution in [2.24, 2.45) is 0 Å². The lowest BCUT2D eigenvalue weighted by molar-refractivity contribution is 0.0601. The fraction of sp³-hybridized carbons (Fsp3) is 0.435. The highest BCUT2D eigenvalue weighted by Gasteiger charge is 2.28. The SMILES string of the molecule is COC(=O)c1c(NC(=S)N2CCN(Cc3ccccc3C)CC2)sc(C(=O)N(C)C)c1C. The van der Waals surface area contributed by atoms with Crippen LogP contribution >= 0.6 is 23.6 Å². The Hall–Kier alpha value is -2.49. The first kappa shape index (κ1) is 24.2. The molecule has 0 unspecified atom stereocenters. The van der Waals surface area contributed by atoms with Crippen molar-refractivity contribution in [3.63, 3.8) is 0 Å². The normalized spacial score (nSPS) is 14.2. The molecular formula is C23H30N4O3S2. The smallest absolute Gasteiger partial charge is 0.341 e. The van der Waals surface area contributed by atoms with E-state index in [1.54, 1.807) is 21.0 Å². The van der Waals surface area contributed by atoms with Gasteiger partial charge >= 0.3 is 5.97 Å². The third-order valence-electron chi connectivity index (χ3n) is 5.67. The zero-order valence-corrected chi connectivity index (χ0v) is 20.9. The Bertz CT molecular complexity index is 1010. The average molecular weight is 475 g/mol. The maximum atomic E-state index is 12.5. The summed E-state index contributed by atoms with van der Waals surface area (Å²) in [5.74, 6) is -0.633. The second kappa shape index (κ2) is 10.4. The lowest BCUT2D eigenvalue weighted by Gasteiger charge is -2.36. The van der Waals surface area contributed by atoms with Gasteiger partial charge in [-0.3, -0.25) is 9.69 Å². The van der Waals surface area contributed by atoms with Crippen LogP contribution in [0.25, 0.3) is 0 Å². The van der Waals surface area contributed by atoms with Gasteiger partial charge in [0, 0.05) is 46.8 Å². The van der Waals surface area contributed by atoms with Gasteiger partial charge in [-0.1, -0.05) is 24.3 Å². The predicted molar refractivity (Wildman–Crippen MR) is 133 cm³/mol. The number of thiophene rings is 1. The molecule has 2 heterocycles. The number of hydrogen-bond donors (Lipinski definition) is 1. The number of thiocarbonyl (C=S) groups is 1. The van der Waals surface area contributed by atoms with Crippen LogP contribution in [0.2, 0.25) is 0 Å². The van der Waals surface area contributed by atoms with E-state index in [9.17, 15) is 9.59 Å². The monoisotopic (exact) mass is 474 g/mol. The number of hydrogen-bond acceptors (Lipinski definition) is 6. The molecule has 0 spiro atoms. The second-order valence-corrected chi connectivity index (χ2v) is 9.48. The Kier molecular flexibility index (Phi) is 7.86. The van der Waals surface area contributed by atoms with Crippen molar-refractivity contribution in [1.82, 2.24) is 14.7 Å². The van der Waals surface area contributed by atoms with Crippen LogP contribution in [-0.2, 0) is 11.3 Å². The highest BCUT2D eigenvalue weighted by molar-refractivity contribution is 7.80. The quantitative estimate of drug-likeness (QED) is 0.527. The summed E-state index contributed by atoms with van der Waals surface area (Å²) in [6.07, 6.45) is 0. The molecule has 1 amide bonds. The lowest BCUT2D eigenvalue weighted by Crippen LogP contribution is -2.49. The number of carbonyl (C=O) groups excluding carboxylic acids is 2. The van der Waals surface area contributed by atoms with Crippen molar-refractivity contribution in [3.05, 3.63) is 51.4 Å². The fourth-order valence-corrected chi connectivity index (χ4v) is 5.23. The third kappa shape index (κ3) is 5.28. The number of nitrogens with one attached hydrogen (secondary N) is 1. The van der Waals surface area contributed by atoms with Gasteiger partial charge in [0.25, 0.3) is 5.91 Å². The topological polar surface area (TPSA) is 65.1 Å². The minimum absolute atomic E-state index is 0.151. The molecular weight excluding hydrogens is 444 g/mol. The molecule has 0 aliphatic carbocycles. The van der Waals surface area contributed by atoms with Crippen LogP contribution in [0.1, 0.15) is 36.7 Å². The first-order valence-corrected chi connectivity index (χ1v) is 11.7. The number of methoxy groups -OCH3 is 1. The van der Waals surface area contributed by atoms with Crippen molar-refractivity contribution < 1.29 is 14.3 Å². The van der Waals surface area contributed by atoms with Gasteiger partial charge in [0.2, 0.25) is 0 Å². The van der Waals surface area contributed by atoms with Crippen molar-refractivity contribution >= 4 is 45.5 Å². The molecule has 32 heavy (non-hydrogen) atoms. The van der Waals surface area contributed by atoms with Gasteiger partial charge < -0.3 is 19.9 Å². The van der Waals surface area contributed by atoms with Crippen LogP contribution < -0.4 is 5.32 Å². The maximum Gasteiger partial charge on any atom is 0.341 e. The summed E-state index contributed by atoms with van der Waals surface area (Å²) in [6.45, 7) is 8.20. The summed E-state index contributed by atoms with van der Waals surface area (Å²) in [5, 5.41) is 4.31. The van der Waals surface area contributed by atoms with Crippen LogP contribution in [0.4, 0.5) is 5.00 Å². The molecule has 1 fully saturated rings. The molecule has 0 bridgehead atoms. The van der Waals surface area contributed by atoms with Gasteiger partial charge in [-0.05, 0) is 42.8 Å². The predicted octanol–water partition coefficient (Wildman–Crippen LogP) is 3.37. The molecule has 0 radical (unpaired) electrons. The van der Waals surface area contributed by atoms with E-state index in [0.717, 1.165) is 32.7 Å². The van der Waals surface area contributed by atoms with Crippen LogP contribution in [0.5, 0.6) is 0 Å². The average Bonchev–Trinajstić information content (AvgIpc) is 3.10. The summed E-state index contributed by atoms with van der Waals surface area (Å²) in [7, 11) is 4.71. The lowest BCUT2D eigenvalue weighted by atomic mass is 10.1. The van der Waals surface area contributed by atoms with Gasteiger partial charge in [0.05, 0.1) is 17.6 Å². The molecule has 9 heteroatoms. The third-order valence-corrected chi connectivity index (χ3v) is 7.23. The van der Waals surface area contributed by atoms with E-state index < -0.39 is 5.97 Å². The minimum Gasteiger partial charge on any atom is -0.465 e. The maximum absolute atomic E-state index is 12.5. The number of amides is 1. The van der Waals surface area contributed by atoms with E-state index in [1.807, 2.05) is 0 Å². The van der Waals surface area contributed by atoms with Crippen molar-refractivity contribution in [2.75, 3.05) is 52.7 Å². The van der Waals surface area contributed by atoms with Crippen molar-refractivity contribution in [3.8, 4) is 0 Å². The van der Waals surface area contributed by atoms with E-state index in [1.165, 1.54) is 34.5 Å². The number of ether oxygens (including phenoxy) is 1. The zero-order valence-electron chi connectivity index (χ0n) is 19.2. The molecule has 1 saturated heterocycles. The van der Waals surface area contributed by atoms with Crippen LogP contribution in [0, 0.1) is 13.8 Å². The van der Waals surface area contributed by atoms with Crippen LogP contribution in [0.3, 0.4) is 0 Å². The molecule has 1 aliphatic heterocycles. The summed E-state index contributed by atoms with van der Waals surface area (Å²) in [5.41, 5.74) is 3.62. The number of benzene rings is 1. The Morgan fingerprint density at radius 2 is 1.81 bits per heavy atom. The van der Waals surface area contributed by atoms with Crippen molar-refractivity contribution in [2.45, 2.75) is 20.4 Å². The van der Waals surface area contributed by atoms with E-state index >= 15 is 0 Å². The fourth-order valence-electron chi connectivity index (χ4n) is 3.67. The Labute approximate surface area is 198 Å². The van der Waals surface area contributed by atoms with Crippen LogP contribution in [0.15, 0.2) is 24.3 Å². The number of nitrogens with zero attached hydrogens (tertiary/aromatic N) is 3. The minimum atomic E-state index is -0.482. The molecule has 1 N–H and O–H groups in total. The number of rotatable bonds is 5. The molecule has 1 aromatic carbocycles. The largest absolute Gasteiger partial charge is 0.465 e. The summed E-state index contributed by atoms with van der Waals surface area (Å²) in [4.78, 5) is 31.5. The first-order chi connectivity index (χ1) is 15.2. The number of aryl methyl sites for hydroxylation is 1. The highest BCUT2D eigenvalue weighted by atomic mass is 32.1. The Balaban J connectivity index is 1.68. The van der Waals surface area contributed by atoms with Gasteiger partial charge in [-0.2, -0.15) is 0 Å². The molecule has 1 aromatic heterocycles. The molecule has 0 atom stereocenters. The molecule has 7 nitrogen and oxygen atoms in total. The van der Waals surface area contributed by atoms with Crippen LogP contribution in [-0.4, -0.2) is 79.1 Å². The van der Waals surface area contributed by atoms with E-state index in [4.69, 9.17) is 17.0 Å². The van der Waals surface area contributed by atoms with E-state index in [2.05, 4.69) is 46.3 Å². The molecule has 3 rings (SSSR count). The van der Waals surface area contributed by atoms with Crippen molar-refractivity contribution in [1.29, 1.82) is 0 Å². The number of carbonyl (C=O) groups is 2. The Morgan fingerprint density at radius 1 is 1.16 bits per heavy atom. The second-order valence-electron chi connectivity index (χ2n) is 8.07.